The number of rotatable bonds is 9. The van der Waals surface area contributed by atoms with Crippen LogP contribution in [0.4, 0.5) is 9.18 Å². The van der Waals surface area contributed by atoms with Crippen LogP contribution in [0.5, 0.6) is 0 Å². The van der Waals surface area contributed by atoms with E-state index in [9.17, 15) is 23.6 Å². The molecular formula is C38H39FN6O5S. The predicted octanol–water partition coefficient (Wildman–Crippen LogP) is 4.71. The van der Waals surface area contributed by atoms with Gasteiger partial charge in [-0.05, 0) is 65.6 Å². The van der Waals surface area contributed by atoms with Crippen LogP contribution >= 0.6 is 11.3 Å². The van der Waals surface area contributed by atoms with Crippen molar-refractivity contribution in [1.82, 2.24) is 20.1 Å². The molecule has 1 aliphatic carbocycles. The Morgan fingerprint density at radius 2 is 1.67 bits per heavy atom. The topological polar surface area (TPSA) is 161 Å². The summed E-state index contributed by atoms with van der Waals surface area (Å²) in [4.78, 5) is 61.1. The zero-order valence-electron chi connectivity index (χ0n) is 27.9. The molecule has 2 aliphatic heterocycles. The van der Waals surface area contributed by atoms with E-state index >= 15 is 0 Å². The Morgan fingerprint density at radius 3 is 2.35 bits per heavy atom. The second-order valence-electron chi connectivity index (χ2n) is 13.3. The van der Waals surface area contributed by atoms with E-state index in [2.05, 4.69) is 34.6 Å². The summed E-state index contributed by atoms with van der Waals surface area (Å²) < 4.78 is 19.4. The molecule has 264 valence electrons. The zero-order valence-corrected chi connectivity index (χ0v) is 28.7. The third kappa shape index (κ3) is 7.08. The average molecular weight is 711 g/mol. The van der Waals surface area contributed by atoms with E-state index in [1.807, 2.05) is 24.3 Å². The van der Waals surface area contributed by atoms with Crippen LogP contribution in [0.15, 0.2) is 79.0 Å². The molecule has 0 spiro atoms. The van der Waals surface area contributed by atoms with Crippen molar-refractivity contribution in [2.45, 2.75) is 62.2 Å². The predicted molar refractivity (Wildman–Crippen MR) is 190 cm³/mol. The first-order valence-electron chi connectivity index (χ1n) is 17.2. The molecule has 2 fully saturated rings. The van der Waals surface area contributed by atoms with Crippen molar-refractivity contribution in [2.24, 2.45) is 11.5 Å². The molecule has 51 heavy (non-hydrogen) atoms. The first-order chi connectivity index (χ1) is 24.7. The number of ether oxygens (including phenoxy) is 1. The molecule has 4 atom stereocenters. The number of nitrogens with two attached hydrogens (primary N) is 2. The fraction of sp³-hybridized carbons (Fsp3) is 0.342. The molecule has 7 rings (SSSR count). The Labute approximate surface area is 298 Å². The van der Waals surface area contributed by atoms with Crippen molar-refractivity contribution in [2.75, 3.05) is 19.7 Å². The molecule has 3 heterocycles. The monoisotopic (exact) mass is 710 g/mol. The molecule has 0 unspecified atom stereocenters. The van der Waals surface area contributed by atoms with Crippen LogP contribution in [0.25, 0.3) is 21.6 Å². The Balaban J connectivity index is 1.01. The van der Waals surface area contributed by atoms with Crippen molar-refractivity contribution in [1.29, 1.82) is 0 Å². The smallest absolute Gasteiger partial charge is 0.409 e. The van der Waals surface area contributed by atoms with E-state index in [-0.39, 0.29) is 49.7 Å². The summed E-state index contributed by atoms with van der Waals surface area (Å²) in [6.45, 7) is 0.436. The zero-order chi connectivity index (χ0) is 35.6. The van der Waals surface area contributed by atoms with Crippen molar-refractivity contribution in [3.8, 4) is 21.6 Å². The van der Waals surface area contributed by atoms with Gasteiger partial charge < -0.3 is 31.3 Å². The normalized spacial score (nSPS) is 20.5. The van der Waals surface area contributed by atoms with Crippen LogP contribution < -0.4 is 16.8 Å². The number of carbonyl (C=O) groups excluding carboxylic acids is 4. The number of nitrogens with one attached hydrogen (secondary N) is 1. The van der Waals surface area contributed by atoms with Crippen LogP contribution in [0.2, 0.25) is 0 Å². The molecule has 13 heteroatoms. The number of benzene rings is 3. The summed E-state index contributed by atoms with van der Waals surface area (Å²) >= 11 is 1.32. The number of halogens is 1. The quantitative estimate of drug-likeness (QED) is 0.227. The van der Waals surface area contributed by atoms with Gasteiger partial charge in [0.2, 0.25) is 17.7 Å². The fourth-order valence-corrected chi connectivity index (χ4v) is 8.53. The lowest BCUT2D eigenvalue weighted by Gasteiger charge is -2.37. The van der Waals surface area contributed by atoms with E-state index < -0.39 is 36.0 Å². The van der Waals surface area contributed by atoms with Gasteiger partial charge in [-0.2, -0.15) is 0 Å². The minimum Gasteiger partial charge on any atom is -0.448 e. The summed E-state index contributed by atoms with van der Waals surface area (Å²) in [5, 5.41) is 3.58. The number of carbonyl (C=O) groups is 4. The maximum atomic E-state index is 13.8. The fourth-order valence-electron chi connectivity index (χ4n) is 7.52. The Bertz CT molecular complexity index is 1910. The van der Waals surface area contributed by atoms with Crippen LogP contribution in [0.1, 0.15) is 60.2 Å². The van der Waals surface area contributed by atoms with Crippen molar-refractivity contribution >= 4 is 35.2 Å². The minimum absolute atomic E-state index is 0.0168. The Kier molecular flexibility index (Phi) is 9.83. The molecular weight excluding hydrogens is 672 g/mol. The molecule has 3 aromatic carbocycles. The number of nitrogens with zero attached hydrogens (tertiary/aromatic N) is 3. The van der Waals surface area contributed by atoms with Gasteiger partial charge in [0.1, 0.15) is 29.5 Å². The van der Waals surface area contributed by atoms with Crippen LogP contribution in [0.3, 0.4) is 0 Å². The maximum Gasteiger partial charge on any atom is 0.409 e. The number of thiazole rings is 1. The van der Waals surface area contributed by atoms with Crippen LogP contribution in [-0.4, -0.2) is 76.4 Å². The lowest BCUT2D eigenvalue weighted by Crippen LogP contribution is -2.59. The first kappa shape index (κ1) is 34.3. The molecule has 2 saturated heterocycles. The van der Waals surface area contributed by atoms with E-state index in [0.29, 0.717) is 30.8 Å². The van der Waals surface area contributed by atoms with Gasteiger partial charge in [-0.1, -0.05) is 60.7 Å². The number of primary amides is 1. The van der Waals surface area contributed by atoms with Gasteiger partial charge in [0, 0.05) is 37.7 Å². The highest BCUT2D eigenvalue weighted by Gasteiger charge is 2.45. The minimum atomic E-state index is -1.05. The van der Waals surface area contributed by atoms with E-state index in [1.54, 1.807) is 23.2 Å². The molecule has 0 radical (unpaired) electrons. The average Bonchev–Trinajstić information content (AvgIpc) is 3.86. The van der Waals surface area contributed by atoms with Crippen molar-refractivity contribution in [3.63, 3.8) is 0 Å². The largest absolute Gasteiger partial charge is 0.448 e. The Morgan fingerprint density at radius 1 is 0.980 bits per heavy atom. The molecule has 4 amide bonds. The molecule has 1 aromatic heterocycles. The molecule has 0 bridgehead atoms. The number of hydrogen-bond acceptors (Lipinski definition) is 8. The third-order valence-electron chi connectivity index (χ3n) is 10.1. The van der Waals surface area contributed by atoms with Crippen molar-refractivity contribution < 1.29 is 28.3 Å². The van der Waals surface area contributed by atoms with Gasteiger partial charge >= 0.3 is 6.09 Å². The summed E-state index contributed by atoms with van der Waals surface area (Å²) in [6.07, 6.45) is 2.80. The second kappa shape index (κ2) is 14.6. The number of hydrogen-bond donors (Lipinski definition) is 3. The standard InChI is InChI=1S/C38H39FN6O5S/c39-23-11-9-22(10-12-23)33-19-42-36(51-33)31(14-16-34(41)46)43-35(47)32-15-13-24-17-18-44(20-30(40)37(48)45(24)32)38(49)50-21-29-27-7-3-1-5-25(27)26-6-2-4-8-28(26)29/h1-12,19,24,29-32H,13-18,20-21,40H2,(H2,41,46)(H,43,47)/t24-,30+,31+,32+/m1/s1. The van der Waals surface area contributed by atoms with Crippen LogP contribution in [0, 0.1) is 5.82 Å². The van der Waals surface area contributed by atoms with E-state index in [1.165, 1.54) is 28.4 Å². The Hall–Kier alpha value is -5.14. The molecule has 11 nitrogen and oxygen atoms in total. The first-order valence-corrected chi connectivity index (χ1v) is 18.0. The summed E-state index contributed by atoms with van der Waals surface area (Å²) in [7, 11) is 0. The SMILES string of the molecule is NC(=O)CC[C@H](NC(=O)[C@@H]1CC[C@@H]2CCN(C(=O)OCC3c4ccccc4-c4ccccc43)C[C@H](N)C(=O)N21)c1ncc(-c2ccc(F)cc2)s1. The highest BCUT2D eigenvalue weighted by molar-refractivity contribution is 7.15. The summed E-state index contributed by atoms with van der Waals surface area (Å²) in [6, 6.07) is 19.5. The van der Waals surface area contributed by atoms with Crippen molar-refractivity contribution in [3.05, 3.63) is 101 Å². The number of aromatic nitrogens is 1. The van der Waals surface area contributed by atoms with Gasteiger partial charge in [0.05, 0.1) is 10.9 Å². The van der Waals surface area contributed by atoms with Gasteiger partial charge in [-0.15, -0.1) is 11.3 Å². The lowest BCUT2D eigenvalue weighted by atomic mass is 9.98. The summed E-state index contributed by atoms with van der Waals surface area (Å²) in [5.41, 5.74) is 17.1. The lowest BCUT2D eigenvalue weighted by molar-refractivity contribution is -0.142. The van der Waals surface area contributed by atoms with Gasteiger partial charge in [0.25, 0.3) is 0 Å². The second-order valence-corrected chi connectivity index (χ2v) is 14.3. The van der Waals surface area contributed by atoms with Crippen LogP contribution in [-0.2, 0) is 19.1 Å². The molecule has 3 aliphatic rings. The highest BCUT2D eigenvalue weighted by Crippen LogP contribution is 2.44. The van der Waals surface area contributed by atoms with E-state index in [4.69, 9.17) is 16.2 Å². The van der Waals surface area contributed by atoms with Gasteiger partial charge in [-0.25, -0.2) is 14.2 Å². The summed E-state index contributed by atoms with van der Waals surface area (Å²) in [5.74, 6) is -1.75. The molecule has 5 N–H and O–H groups in total. The van der Waals surface area contributed by atoms with Gasteiger partial charge in [-0.3, -0.25) is 14.4 Å². The number of fused-ring (bicyclic) bond motifs is 4. The number of amides is 4. The van der Waals surface area contributed by atoms with Gasteiger partial charge in [0.15, 0.2) is 0 Å². The van der Waals surface area contributed by atoms with E-state index in [0.717, 1.165) is 32.7 Å². The highest BCUT2D eigenvalue weighted by atomic mass is 32.1. The maximum absolute atomic E-state index is 13.8. The third-order valence-corrected chi connectivity index (χ3v) is 11.2. The molecule has 4 aromatic rings. The molecule has 0 saturated carbocycles.